The van der Waals surface area contributed by atoms with E-state index in [2.05, 4.69) is 5.16 Å². The van der Waals surface area contributed by atoms with Crippen molar-refractivity contribution in [1.29, 1.82) is 0 Å². The molecule has 1 aromatic carbocycles. The number of rotatable bonds is 8. The summed E-state index contributed by atoms with van der Waals surface area (Å²) < 4.78 is 16.5. The summed E-state index contributed by atoms with van der Waals surface area (Å²) in [4.78, 5) is 15.2. The lowest BCUT2D eigenvalue weighted by Crippen LogP contribution is -2.23. The van der Waals surface area contributed by atoms with E-state index in [1.54, 1.807) is 42.5 Å². The molecular formula is C22H24N2O4S. The van der Waals surface area contributed by atoms with Gasteiger partial charge in [0.15, 0.2) is 11.5 Å². The maximum absolute atomic E-state index is 12.3. The van der Waals surface area contributed by atoms with Crippen molar-refractivity contribution < 1.29 is 18.8 Å². The first-order chi connectivity index (χ1) is 14.0. The van der Waals surface area contributed by atoms with Crippen molar-refractivity contribution in [1.82, 2.24) is 10.1 Å². The number of aryl methyl sites for hydroxylation is 2. The van der Waals surface area contributed by atoms with Crippen molar-refractivity contribution in [2.45, 2.75) is 27.0 Å². The predicted molar refractivity (Wildman–Crippen MR) is 113 cm³/mol. The molecule has 0 atom stereocenters. The predicted octanol–water partition coefficient (Wildman–Crippen LogP) is 4.61. The number of nitrogens with zero attached hydrogens (tertiary/aromatic N) is 2. The van der Waals surface area contributed by atoms with Gasteiger partial charge in [-0.3, -0.25) is 4.79 Å². The van der Waals surface area contributed by atoms with Gasteiger partial charge in [0.1, 0.15) is 12.4 Å². The first kappa shape index (κ1) is 20.7. The van der Waals surface area contributed by atoms with E-state index in [9.17, 15) is 4.79 Å². The van der Waals surface area contributed by atoms with Crippen LogP contribution < -0.4 is 9.47 Å². The zero-order chi connectivity index (χ0) is 20.8. The summed E-state index contributed by atoms with van der Waals surface area (Å²) in [7, 11) is 3.38. The zero-order valence-corrected chi connectivity index (χ0v) is 17.8. The van der Waals surface area contributed by atoms with E-state index in [1.165, 1.54) is 0 Å². The molecule has 0 radical (unpaired) electrons. The number of carbonyl (C=O) groups excluding carboxylic acids is 1. The minimum absolute atomic E-state index is 0.0592. The van der Waals surface area contributed by atoms with Crippen LogP contribution in [0.1, 0.15) is 27.5 Å². The highest BCUT2D eigenvalue weighted by Crippen LogP contribution is 2.30. The molecule has 29 heavy (non-hydrogen) atoms. The molecule has 0 saturated carbocycles. The molecule has 0 N–H and O–H groups in total. The molecule has 0 aliphatic rings. The maximum atomic E-state index is 12.3. The van der Waals surface area contributed by atoms with Crippen molar-refractivity contribution in [3.63, 3.8) is 0 Å². The zero-order valence-electron chi connectivity index (χ0n) is 17.0. The van der Waals surface area contributed by atoms with Crippen LogP contribution in [0, 0.1) is 13.8 Å². The fourth-order valence-corrected chi connectivity index (χ4v) is 3.53. The molecule has 7 heteroatoms. The highest BCUT2D eigenvalue weighted by atomic mass is 32.1. The van der Waals surface area contributed by atoms with Gasteiger partial charge in [0, 0.05) is 18.0 Å². The van der Waals surface area contributed by atoms with Gasteiger partial charge in [-0.25, -0.2) is 0 Å². The van der Waals surface area contributed by atoms with Crippen molar-refractivity contribution >= 4 is 23.3 Å². The lowest BCUT2D eigenvalue weighted by atomic mass is 10.1. The topological polar surface area (TPSA) is 64.8 Å². The first-order valence-corrected chi connectivity index (χ1v) is 10.0. The van der Waals surface area contributed by atoms with E-state index >= 15 is 0 Å². The van der Waals surface area contributed by atoms with E-state index in [-0.39, 0.29) is 5.91 Å². The molecule has 0 aliphatic heterocycles. The lowest BCUT2D eigenvalue weighted by molar-refractivity contribution is -0.125. The molecule has 152 valence electrons. The van der Waals surface area contributed by atoms with Crippen LogP contribution >= 0.6 is 11.3 Å². The molecule has 0 aliphatic carbocycles. The molecule has 2 heterocycles. The minimum Gasteiger partial charge on any atom is -0.493 e. The van der Waals surface area contributed by atoms with E-state index in [1.807, 2.05) is 49.6 Å². The average Bonchev–Trinajstić information content (AvgIpc) is 3.34. The SMILES string of the molecule is COc1cc(C=CC(=O)N(C)Cc2cccs2)ccc1OCc1c(C)noc1C. The Balaban J connectivity index is 1.64. The van der Waals surface area contributed by atoms with Crippen LogP contribution in [0.4, 0.5) is 0 Å². The van der Waals surface area contributed by atoms with Crippen LogP contribution in [0.2, 0.25) is 0 Å². The third-order valence-electron chi connectivity index (χ3n) is 4.51. The molecule has 0 bridgehead atoms. The number of hydrogen-bond acceptors (Lipinski definition) is 6. The second kappa shape index (κ2) is 9.43. The fourth-order valence-electron chi connectivity index (χ4n) is 2.77. The summed E-state index contributed by atoms with van der Waals surface area (Å²) in [5.74, 6) is 1.89. The smallest absolute Gasteiger partial charge is 0.246 e. The number of hydrogen-bond donors (Lipinski definition) is 0. The number of ether oxygens (including phenoxy) is 2. The molecule has 2 aromatic heterocycles. The van der Waals surface area contributed by atoms with Crippen molar-refractivity contribution in [3.05, 3.63) is 69.2 Å². The van der Waals surface area contributed by atoms with Gasteiger partial charge in [-0.05, 0) is 49.1 Å². The third kappa shape index (κ3) is 5.26. The summed E-state index contributed by atoms with van der Waals surface area (Å²) in [6.07, 6.45) is 3.33. The van der Waals surface area contributed by atoms with Gasteiger partial charge in [-0.2, -0.15) is 0 Å². The number of thiophene rings is 1. The first-order valence-electron chi connectivity index (χ1n) is 9.16. The molecular weight excluding hydrogens is 388 g/mol. The molecule has 6 nitrogen and oxygen atoms in total. The summed E-state index contributed by atoms with van der Waals surface area (Å²) in [5.41, 5.74) is 2.59. The van der Waals surface area contributed by atoms with Gasteiger partial charge in [0.25, 0.3) is 0 Å². The molecule has 1 amide bonds. The van der Waals surface area contributed by atoms with Crippen LogP contribution in [0.15, 0.2) is 46.3 Å². The second-order valence-corrected chi connectivity index (χ2v) is 7.64. The summed E-state index contributed by atoms with van der Waals surface area (Å²) >= 11 is 1.64. The van der Waals surface area contributed by atoms with Crippen LogP contribution in [0.5, 0.6) is 11.5 Å². The lowest BCUT2D eigenvalue weighted by Gasteiger charge is -2.14. The molecule has 0 saturated heterocycles. The Morgan fingerprint density at radius 1 is 1.28 bits per heavy atom. The normalized spacial score (nSPS) is 11.0. The standard InChI is InChI=1S/C22H24N2O4S/c1-15-19(16(2)28-23-15)14-27-20-9-7-17(12-21(20)26-4)8-10-22(25)24(3)13-18-6-5-11-29-18/h5-12H,13-14H2,1-4H3. The minimum atomic E-state index is -0.0592. The van der Waals surface area contributed by atoms with Gasteiger partial charge < -0.3 is 18.9 Å². The Bertz CT molecular complexity index is 973. The fraction of sp³-hybridized carbons (Fsp3) is 0.273. The summed E-state index contributed by atoms with van der Waals surface area (Å²) in [5, 5.41) is 5.94. The largest absolute Gasteiger partial charge is 0.493 e. The average molecular weight is 413 g/mol. The Kier molecular flexibility index (Phi) is 6.72. The molecule has 0 spiro atoms. The highest BCUT2D eigenvalue weighted by Gasteiger charge is 2.12. The number of benzene rings is 1. The van der Waals surface area contributed by atoms with E-state index in [0.29, 0.717) is 24.7 Å². The van der Waals surface area contributed by atoms with Crippen molar-refractivity contribution in [3.8, 4) is 11.5 Å². The number of methoxy groups -OCH3 is 1. The molecule has 0 fully saturated rings. The third-order valence-corrected chi connectivity index (χ3v) is 5.37. The number of carbonyl (C=O) groups is 1. The van der Waals surface area contributed by atoms with Gasteiger partial charge >= 0.3 is 0 Å². The van der Waals surface area contributed by atoms with Gasteiger partial charge in [0.05, 0.1) is 24.9 Å². The number of aromatic nitrogens is 1. The monoisotopic (exact) mass is 412 g/mol. The summed E-state index contributed by atoms with van der Waals surface area (Å²) in [6.45, 7) is 4.68. The van der Waals surface area contributed by atoms with Crippen LogP contribution in [0.3, 0.4) is 0 Å². The van der Waals surface area contributed by atoms with E-state index < -0.39 is 0 Å². The highest BCUT2D eigenvalue weighted by molar-refractivity contribution is 7.09. The Labute approximate surface area is 174 Å². The Morgan fingerprint density at radius 2 is 2.10 bits per heavy atom. The number of amides is 1. The van der Waals surface area contributed by atoms with Crippen LogP contribution in [-0.2, 0) is 17.9 Å². The Morgan fingerprint density at radius 3 is 2.76 bits per heavy atom. The van der Waals surface area contributed by atoms with Gasteiger partial charge in [-0.15, -0.1) is 11.3 Å². The second-order valence-electron chi connectivity index (χ2n) is 6.61. The van der Waals surface area contributed by atoms with Crippen molar-refractivity contribution in [2.75, 3.05) is 14.2 Å². The van der Waals surface area contributed by atoms with E-state index in [4.69, 9.17) is 14.0 Å². The van der Waals surface area contributed by atoms with E-state index in [0.717, 1.165) is 27.5 Å². The van der Waals surface area contributed by atoms with Gasteiger partial charge in [0.2, 0.25) is 5.91 Å². The van der Waals surface area contributed by atoms with Crippen molar-refractivity contribution in [2.24, 2.45) is 0 Å². The molecule has 3 rings (SSSR count). The maximum Gasteiger partial charge on any atom is 0.246 e. The summed E-state index contributed by atoms with van der Waals surface area (Å²) in [6, 6.07) is 9.55. The Hall–Kier alpha value is -3.06. The van der Waals surface area contributed by atoms with Crippen LogP contribution in [-0.4, -0.2) is 30.1 Å². The quantitative estimate of drug-likeness (QED) is 0.506. The molecule has 0 unspecified atom stereocenters. The molecule has 3 aromatic rings. The van der Waals surface area contributed by atoms with Crippen LogP contribution in [0.25, 0.3) is 6.08 Å². The number of likely N-dealkylation sites (N-methyl/N-ethyl adjacent to an activating group) is 1. The van der Waals surface area contributed by atoms with Gasteiger partial charge in [-0.1, -0.05) is 17.3 Å².